The van der Waals surface area contributed by atoms with Gasteiger partial charge in [-0.3, -0.25) is 0 Å². The highest BCUT2D eigenvalue weighted by Crippen LogP contribution is 2.17. The van der Waals surface area contributed by atoms with Crippen molar-refractivity contribution in [3.8, 4) is 0 Å². The van der Waals surface area contributed by atoms with E-state index in [1.165, 1.54) is 0 Å². The van der Waals surface area contributed by atoms with E-state index >= 15 is 0 Å². The number of sulfonamides is 1. The molecule has 1 saturated heterocycles. The Labute approximate surface area is 106 Å². The van der Waals surface area contributed by atoms with Crippen LogP contribution in [0.4, 0.5) is 0 Å². The highest BCUT2D eigenvalue weighted by atomic mass is 32.2. The van der Waals surface area contributed by atoms with Crippen molar-refractivity contribution in [2.24, 2.45) is 11.3 Å². The fourth-order valence-electron chi connectivity index (χ4n) is 2.02. The molecule has 1 rings (SSSR count). The second kappa shape index (κ2) is 6.16. The van der Waals surface area contributed by atoms with Gasteiger partial charge in [0, 0.05) is 6.54 Å². The van der Waals surface area contributed by atoms with Crippen molar-refractivity contribution in [1.82, 2.24) is 10.0 Å². The van der Waals surface area contributed by atoms with Crippen LogP contribution in [0.15, 0.2) is 0 Å². The van der Waals surface area contributed by atoms with Crippen LogP contribution in [0, 0.1) is 11.3 Å². The van der Waals surface area contributed by atoms with Crippen LogP contribution in [0.5, 0.6) is 0 Å². The van der Waals surface area contributed by atoms with Crippen molar-refractivity contribution >= 4 is 10.0 Å². The normalized spacial score (nSPS) is 22.6. The minimum absolute atomic E-state index is 0.176. The van der Waals surface area contributed by atoms with Crippen LogP contribution in [0.3, 0.4) is 0 Å². The van der Waals surface area contributed by atoms with E-state index in [0.29, 0.717) is 6.54 Å². The average Bonchev–Trinajstić information content (AvgIpc) is 2.15. The molecule has 1 aliphatic rings. The van der Waals surface area contributed by atoms with Crippen LogP contribution in [0.25, 0.3) is 0 Å². The fourth-order valence-corrected chi connectivity index (χ4v) is 3.45. The standard InChI is InChI=1S/C12H26N2O2S/c1-12(2,3)6-8-14-17(15,16)10-11-5-4-7-13-9-11/h11,13-14H,4-10H2,1-3H3. The van der Waals surface area contributed by atoms with Gasteiger partial charge in [0.2, 0.25) is 10.0 Å². The van der Waals surface area contributed by atoms with Gasteiger partial charge in [0.05, 0.1) is 5.75 Å². The lowest BCUT2D eigenvalue weighted by Gasteiger charge is -2.23. The molecule has 1 fully saturated rings. The molecule has 1 unspecified atom stereocenters. The molecule has 0 amide bonds. The lowest BCUT2D eigenvalue weighted by Crippen LogP contribution is -2.38. The van der Waals surface area contributed by atoms with Crippen LogP contribution in [0.2, 0.25) is 0 Å². The van der Waals surface area contributed by atoms with Gasteiger partial charge in [0.1, 0.15) is 0 Å². The maximum atomic E-state index is 11.8. The molecule has 2 N–H and O–H groups in total. The maximum absolute atomic E-state index is 11.8. The van der Waals surface area contributed by atoms with Gasteiger partial charge in [-0.2, -0.15) is 0 Å². The molecule has 0 radical (unpaired) electrons. The zero-order valence-electron chi connectivity index (χ0n) is 11.3. The van der Waals surface area contributed by atoms with Crippen molar-refractivity contribution in [1.29, 1.82) is 0 Å². The predicted octanol–water partition coefficient (Wildman–Crippen LogP) is 1.34. The highest BCUT2D eigenvalue weighted by molar-refractivity contribution is 7.89. The Morgan fingerprint density at radius 2 is 2.06 bits per heavy atom. The largest absolute Gasteiger partial charge is 0.316 e. The van der Waals surface area contributed by atoms with Crippen molar-refractivity contribution < 1.29 is 8.42 Å². The number of nitrogens with one attached hydrogen (secondary N) is 2. The Kier molecular flexibility index (Phi) is 5.41. The zero-order valence-corrected chi connectivity index (χ0v) is 12.1. The van der Waals surface area contributed by atoms with E-state index in [9.17, 15) is 8.42 Å². The summed E-state index contributed by atoms with van der Waals surface area (Å²) in [7, 11) is -3.09. The smallest absolute Gasteiger partial charge is 0.211 e. The molecule has 0 aromatic carbocycles. The SMILES string of the molecule is CC(C)(C)CCNS(=O)(=O)CC1CCCNC1. The van der Waals surface area contributed by atoms with Crippen molar-refractivity contribution in [3.63, 3.8) is 0 Å². The van der Waals surface area contributed by atoms with Gasteiger partial charge in [-0.25, -0.2) is 13.1 Å². The van der Waals surface area contributed by atoms with Crippen LogP contribution in [-0.2, 0) is 10.0 Å². The average molecular weight is 262 g/mol. The minimum atomic E-state index is -3.09. The minimum Gasteiger partial charge on any atom is -0.316 e. The van der Waals surface area contributed by atoms with Crippen LogP contribution in [-0.4, -0.2) is 33.8 Å². The van der Waals surface area contributed by atoms with Gasteiger partial charge in [-0.05, 0) is 43.7 Å². The lowest BCUT2D eigenvalue weighted by atomic mass is 9.93. The monoisotopic (exact) mass is 262 g/mol. The topological polar surface area (TPSA) is 58.2 Å². The third kappa shape index (κ3) is 7.01. The van der Waals surface area contributed by atoms with Gasteiger partial charge in [-0.1, -0.05) is 20.8 Å². The quantitative estimate of drug-likeness (QED) is 0.786. The summed E-state index contributed by atoms with van der Waals surface area (Å²) >= 11 is 0. The molecule has 0 spiro atoms. The van der Waals surface area contributed by atoms with Crippen LogP contribution < -0.4 is 10.0 Å². The second-order valence-corrected chi connectivity index (χ2v) is 8.05. The molecular weight excluding hydrogens is 236 g/mol. The van der Waals surface area contributed by atoms with Gasteiger partial charge in [0.15, 0.2) is 0 Å². The van der Waals surface area contributed by atoms with E-state index in [2.05, 4.69) is 30.8 Å². The first kappa shape index (κ1) is 14.9. The van der Waals surface area contributed by atoms with Gasteiger partial charge in [0.25, 0.3) is 0 Å². The zero-order chi connectivity index (χ0) is 12.9. The number of hydrogen-bond acceptors (Lipinski definition) is 3. The first-order valence-electron chi connectivity index (χ1n) is 6.47. The number of piperidine rings is 1. The molecule has 1 aliphatic heterocycles. The maximum Gasteiger partial charge on any atom is 0.211 e. The highest BCUT2D eigenvalue weighted by Gasteiger charge is 2.21. The van der Waals surface area contributed by atoms with E-state index < -0.39 is 10.0 Å². The van der Waals surface area contributed by atoms with E-state index in [1.807, 2.05) is 0 Å². The van der Waals surface area contributed by atoms with E-state index in [0.717, 1.165) is 32.4 Å². The van der Waals surface area contributed by atoms with E-state index in [1.54, 1.807) is 0 Å². The molecular formula is C12H26N2O2S. The molecule has 0 bridgehead atoms. The summed E-state index contributed by atoms with van der Waals surface area (Å²) < 4.78 is 26.4. The first-order chi connectivity index (χ1) is 7.79. The number of hydrogen-bond donors (Lipinski definition) is 2. The molecule has 17 heavy (non-hydrogen) atoms. The molecule has 1 atom stereocenters. The van der Waals surface area contributed by atoms with Crippen LogP contribution in [0.1, 0.15) is 40.0 Å². The van der Waals surface area contributed by atoms with Crippen LogP contribution >= 0.6 is 0 Å². The first-order valence-corrected chi connectivity index (χ1v) is 8.12. The summed E-state index contributed by atoms with van der Waals surface area (Å²) in [5, 5.41) is 3.25. The van der Waals surface area contributed by atoms with Crippen molar-refractivity contribution in [3.05, 3.63) is 0 Å². The molecule has 1 heterocycles. The van der Waals surface area contributed by atoms with Gasteiger partial charge >= 0.3 is 0 Å². The molecule has 0 saturated carbocycles. The summed E-state index contributed by atoms with van der Waals surface area (Å²) in [5.74, 6) is 0.542. The predicted molar refractivity (Wildman–Crippen MR) is 71.5 cm³/mol. The van der Waals surface area contributed by atoms with Gasteiger partial charge < -0.3 is 5.32 Å². The van der Waals surface area contributed by atoms with Crippen molar-refractivity contribution in [2.45, 2.75) is 40.0 Å². The Balaban J connectivity index is 2.30. The Morgan fingerprint density at radius 3 is 2.59 bits per heavy atom. The van der Waals surface area contributed by atoms with E-state index in [-0.39, 0.29) is 17.1 Å². The molecule has 4 nitrogen and oxygen atoms in total. The Hall–Kier alpha value is -0.130. The molecule has 0 aromatic heterocycles. The Bertz CT molecular complexity index is 314. The second-order valence-electron chi connectivity index (χ2n) is 6.20. The molecule has 0 aliphatic carbocycles. The third-order valence-corrected chi connectivity index (χ3v) is 4.61. The summed E-state index contributed by atoms with van der Waals surface area (Å²) in [6, 6.07) is 0. The number of rotatable bonds is 5. The summed E-state index contributed by atoms with van der Waals surface area (Å²) in [5.41, 5.74) is 0.176. The summed E-state index contributed by atoms with van der Waals surface area (Å²) in [6.07, 6.45) is 2.98. The Morgan fingerprint density at radius 1 is 1.35 bits per heavy atom. The summed E-state index contributed by atoms with van der Waals surface area (Å²) in [4.78, 5) is 0. The molecule has 102 valence electrons. The van der Waals surface area contributed by atoms with Gasteiger partial charge in [-0.15, -0.1) is 0 Å². The van der Waals surface area contributed by atoms with Crippen molar-refractivity contribution in [2.75, 3.05) is 25.4 Å². The van der Waals surface area contributed by atoms with E-state index in [4.69, 9.17) is 0 Å². The fraction of sp³-hybridized carbons (Fsp3) is 1.00. The molecule has 5 heteroatoms. The third-order valence-electron chi connectivity index (χ3n) is 3.05. The summed E-state index contributed by atoms with van der Waals surface area (Å²) in [6.45, 7) is 8.76. The lowest BCUT2D eigenvalue weighted by molar-refractivity contribution is 0.376. The molecule has 0 aromatic rings.